The zero-order valence-corrected chi connectivity index (χ0v) is 21.6. The molecule has 3 fully saturated rings. The second kappa shape index (κ2) is 7.45. The van der Waals surface area contributed by atoms with Crippen molar-refractivity contribution in [3.8, 4) is 11.8 Å². The monoisotopic (exact) mass is 464 g/mol. The first-order chi connectivity index (χ1) is 15.5. The Morgan fingerprint density at radius 3 is 2.36 bits per heavy atom. The predicted octanol–water partition coefficient (Wildman–Crippen LogP) is 4.99. The molecule has 2 saturated carbocycles. The Bertz CT molecular complexity index is 1070. The summed E-state index contributed by atoms with van der Waals surface area (Å²) in [6, 6.07) is 5.87. The van der Waals surface area contributed by atoms with E-state index in [1.807, 2.05) is 0 Å². The van der Waals surface area contributed by atoms with Gasteiger partial charge in [0, 0.05) is 23.0 Å². The van der Waals surface area contributed by atoms with Crippen LogP contribution in [-0.4, -0.2) is 26.4 Å². The fourth-order valence-electron chi connectivity index (χ4n) is 5.78. The van der Waals surface area contributed by atoms with E-state index in [0.717, 1.165) is 48.8 Å². The third kappa shape index (κ3) is 3.64. The first kappa shape index (κ1) is 22.7. The minimum atomic E-state index is -1.86. The number of carbonyl (C=O) groups excluding carboxylic acids is 2. The number of imide groups is 1. The molecule has 1 unspecified atom stereocenters. The molecule has 176 valence electrons. The first-order valence-corrected chi connectivity index (χ1v) is 15.3. The zero-order valence-electron chi connectivity index (χ0n) is 20.6. The van der Waals surface area contributed by atoms with Gasteiger partial charge in [-0.3, -0.25) is 10.1 Å². The van der Waals surface area contributed by atoms with Crippen LogP contribution in [0.3, 0.4) is 0 Å². The fraction of sp³-hybridized carbons (Fsp3) is 0.630. The minimum absolute atomic E-state index is 0.171. The summed E-state index contributed by atoms with van der Waals surface area (Å²) < 4.78 is 6.73. The molecule has 5 rings (SSSR count). The highest BCUT2D eigenvalue weighted by Gasteiger charge is 2.66. The summed E-state index contributed by atoms with van der Waals surface area (Å²) in [6.45, 7) is 11.4. The predicted molar refractivity (Wildman–Crippen MR) is 131 cm³/mol. The van der Waals surface area contributed by atoms with Crippen molar-refractivity contribution in [2.24, 2.45) is 11.3 Å². The maximum absolute atomic E-state index is 13.4. The van der Waals surface area contributed by atoms with Gasteiger partial charge in [0.05, 0.1) is 0 Å². The Hall–Kier alpha value is -2.10. The average Bonchev–Trinajstić information content (AvgIpc) is 3.46. The number of fused-ring (bicyclic) bond motifs is 3. The number of hydrogen-bond acceptors (Lipinski definition) is 3. The molecule has 0 aromatic heterocycles. The molecule has 1 aliphatic heterocycles. The fourth-order valence-corrected chi connectivity index (χ4v) is 7.20. The van der Waals surface area contributed by atoms with Crippen LogP contribution in [0, 0.1) is 23.2 Å². The van der Waals surface area contributed by atoms with E-state index in [4.69, 9.17) is 4.43 Å². The van der Waals surface area contributed by atoms with Crippen molar-refractivity contribution in [3.05, 3.63) is 34.9 Å². The van der Waals surface area contributed by atoms with Gasteiger partial charge in [0.25, 0.3) is 5.91 Å². The molecule has 3 aliphatic carbocycles. The Balaban J connectivity index is 1.45. The van der Waals surface area contributed by atoms with Crippen molar-refractivity contribution in [3.63, 3.8) is 0 Å². The van der Waals surface area contributed by atoms with Gasteiger partial charge in [-0.2, -0.15) is 0 Å². The zero-order chi connectivity index (χ0) is 23.6. The van der Waals surface area contributed by atoms with Gasteiger partial charge in [-0.1, -0.05) is 38.7 Å². The highest BCUT2D eigenvalue weighted by molar-refractivity contribution is 6.74. The molecule has 2 spiro atoms. The lowest BCUT2D eigenvalue weighted by molar-refractivity contribution is -0.131. The van der Waals surface area contributed by atoms with E-state index < -0.39 is 13.9 Å². The molecule has 3 amide bonds. The van der Waals surface area contributed by atoms with Crippen LogP contribution < -0.4 is 10.6 Å². The Morgan fingerprint density at radius 1 is 1.09 bits per heavy atom. The molecule has 6 heteroatoms. The van der Waals surface area contributed by atoms with Gasteiger partial charge >= 0.3 is 6.03 Å². The second-order valence-electron chi connectivity index (χ2n) is 12.1. The summed E-state index contributed by atoms with van der Waals surface area (Å²) in [5.41, 5.74) is 1.71. The van der Waals surface area contributed by atoms with E-state index in [2.05, 4.69) is 74.5 Å². The number of benzene rings is 1. The number of urea groups is 1. The summed E-state index contributed by atoms with van der Waals surface area (Å²) >= 11 is 0. The van der Waals surface area contributed by atoms with Crippen LogP contribution >= 0.6 is 0 Å². The smallest absolute Gasteiger partial charge is 0.322 e. The quantitative estimate of drug-likeness (QED) is 0.368. The van der Waals surface area contributed by atoms with Crippen LogP contribution in [-0.2, 0) is 21.2 Å². The molecule has 1 aromatic carbocycles. The van der Waals surface area contributed by atoms with E-state index in [9.17, 15) is 9.59 Å². The molecule has 1 saturated heterocycles. The van der Waals surface area contributed by atoms with Gasteiger partial charge in [-0.05, 0) is 86.3 Å². The lowest BCUT2D eigenvalue weighted by atomic mass is 9.61. The van der Waals surface area contributed by atoms with Crippen LogP contribution in [0.1, 0.15) is 76.0 Å². The van der Waals surface area contributed by atoms with Crippen LogP contribution in [0.4, 0.5) is 4.79 Å². The standard InChI is InChI=1S/C27H36N2O3Si/c1-25(2,3)33(4,5)32-21-12-14-26(15-13-21)17-20-11-10-19(9-8-18-6-7-18)16-22(20)27(26)23(30)28-24(31)29-27/h10-11,16,18,21H,6-7,12-15,17H2,1-5H3,(H2,28,29,30,31). The summed E-state index contributed by atoms with van der Waals surface area (Å²) in [6.07, 6.45) is 6.94. The normalized spacial score (nSPS) is 31.2. The summed E-state index contributed by atoms with van der Waals surface area (Å²) in [5.74, 6) is 6.93. The molecule has 5 nitrogen and oxygen atoms in total. The third-order valence-corrected chi connectivity index (χ3v) is 13.4. The maximum atomic E-state index is 13.4. The van der Waals surface area contributed by atoms with E-state index in [1.54, 1.807) is 0 Å². The molecular weight excluding hydrogens is 428 g/mol. The third-order valence-electron chi connectivity index (χ3n) is 8.86. The van der Waals surface area contributed by atoms with Crippen LogP contribution in [0.5, 0.6) is 0 Å². The van der Waals surface area contributed by atoms with Crippen molar-refractivity contribution >= 4 is 20.3 Å². The number of nitrogens with one attached hydrogen (secondary N) is 2. The SMILES string of the molecule is CC(C)(C)[Si](C)(C)OC1CCC2(CC1)Cc1ccc(C#CC3CC3)cc1C21NC(=O)NC1=O. The average molecular weight is 465 g/mol. The van der Waals surface area contributed by atoms with Gasteiger partial charge in [-0.25, -0.2) is 4.79 Å². The van der Waals surface area contributed by atoms with E-state index in [-0.39, 0.29) is 28.5 Å². The van der Waals surface area contributed by atoms with E-state index in [0.29, 0.717) is 5.92 Å². The number of amides is 3. The number of rotatable bonds is 2. The van der Waals surface area contributed by atoms with Crippen LogP contribution in [0.25, 0.3) is 0 Å². The molecular formula is C27H36N2O3Si. The summed E-state index contributed by atoms with van der Waals surface area (Å²) in [5, 5.41) is 5.84. The van der Waals surface area contributed by atoms with Crippen LogP contribution in [0.2, 0.25) is 18.1 Å². The van der Waals surface area contributed by atoms with Crippen molar-refractivity contribution in [1.29, 1.82) is 0 Å². The van der Waals surface area contributed by atoms with Gasteiger partial charge in [-0.15, -0.1) is 0 Å². The van der Waals surface area contributed by atoms with Crippen molar-refractivity contribution in [2.45, 2.75) is 95.5 Å². The van der Waals surface area contributed by atoms with Gasteiger partial charge in [0.15, 0.2) is 13.9 Å². The van der Waals surface area contributed by atoms with Gasteiger partial charge in [0.1, 0.15) is 0 Å². The number of carbonyl (C=O) groups is 2. The Morgan fingerprint density at radius 2 is 1.79 bits per heavy atom. The highest BCUT2D eigenvalue weighted by Crippen LogP contribution is 2.59. The Kier molecular flexibility index (Phi) is 5.12. The first-order valence-electron chi connectivity index (χ1n) is 12.4. The minimum Gasteiger partial charge on any atom is -0.414 e. The van der Waals surface area contributed by atoms with E-state index in [1.165, 1.54) is 12.8 Å². The van der Waals surface area contributed by atoms with Gasteiger partial charge < -0.3 is 9.74 Å². The topological polar surface area (TPSA) is 67.4 Å². The van der Waals surface area contributed by atoms with E-state index >= 15 is 0 Å². The highest BCUT2D eigenvalue weighted by atomic mass is 28.4. The summed E-state index contributed by atoms with van der Waals surface area (Å²) in [7, 11) is -1.86. The molecule has 1 atom stereocenters. The second-order valence-corrected chi connectivity index (χ2v) is 16.9. The molecule has 33 heavy (non-hydrogen) atoms. The molecule has 2 N–H and O–H groups in total. The molecule has 1 aromatic rings. The molecule has 1 heterocycles. The maximum Gasteiger partial charge on any atom is 0.322 e. The molecule has 0 radical (unpaired) electrons. The molecule has 0 bridgehead atoms. The van der Waals surface area contributed by atoms with Gasteiger partial charge in [0.2, 0.25) is 0 Å². The lowest BCUT2D eigenvalue weighted by Gasteiger charge is -2.48. The molecule has 4 aliphatic rings. The largest absolute Gasteiger partial charge is 0.414 e. The summed E-state index contributed by atoms with van der Waals surface area (Å²) in [4.78, 5) is 25.9. The lowest BCUT2D eigenvalue weighted by Crippen LogP contribution is -2.57. The van der Waals surface area contributed by atoms with Crippen molar-refractivity contribution in [2.75, 3.05) is 0 Å². The van der Waals surface area contributed by atoms with Crippen molar-refractivity contribution in [1.82, 2.24) is 10.6 Å². The Labute approximate surface area is 198 Å². The van der Waals surface area contributed by atoms with Crippen molar-refractivity contribution < 1.29 is 14.0 Å². The number of hydrogen-bond donors (Lipinski definition) is 2. The van der Waals surface area contributed by atoms with Crippen LogP contribution in [0.15, 0.2) is 18.2 Å².